The van der Waals surface area contributed by atoms with E-state index in [-0.39, 0.29) is 4.90 Å². The number of anilines is 1. The van der Waals surface area contributed by atoms with E-state index in [1.165, 1.54) is 6.07 Å². The second-order valence-corrected chi connectivity index (χ2v) is 8.16. The molecule has 4 nitrogen and oxygen atoms in total. The minimum atomic E-state index is -3.70. The van der Waals surface area contributed by atoms with Crippen LogP contribution in [0.1, 0.15) is 0 Å². The van der Waals surface area contributed by atoms with Crippen molar-refractivity contribution >= 4 is 38.3 Å². The maximum Gasteiger partial charge on any atom is 0.261 e. The third-order valence-corrected chi connectivity index (χ3v) is 5.90. The van der Waals surface area contributed by atoms with E-state index in [1.54, 1.807) is 25.3 Å². The molecule has 0 radical (unpaired) electrons. The fourth-order valence-corrected chi connectivity index (χ4v) is 4.51. The van der Waals surface area contributed by atoms with Crippen LogP contribution in [-0.4, -0.2) is 15.5 Å². The van der Waals surface area contributed by atoms with E-state index in [0.29, 0.717) is 11.4 Å². The third-order valence-electron chi connectivity index (χ3n) is 3.69. The summed E-state index contributed by atoms with van der Waals surface area (Å²) in [5.41, 5.74) is 2.32. The third kappa shape index (κ3) is 3.96. The van der Waals surface area contributed by atoms with E-state index in [0.717, 1.165) is 14.7 Å². The summed E-state index contributed by atoms with van der Waals surface area (Å²) in [6.07, 6.45) is 0. The van der Waals surface area contributed by atoms with E-state index < -0.39 is 10.0 Å². The van der Waals surface area contributed by atoms with Gasteiger partial charge in [-0.1, -0.05) is 48.5 Å². The zero-order valence-electron chi connectivity index (χ0n) is 13.4. The van der Waals surface area contributed by atoms with Gasteiger partial charge in [0, 0.05) is 5.56 Å². The first-order valence-corrected chi connectivity index (χ1v) is 10.1. The average molecular weight is 465 g/mol. The number of hydrogen-bond acceptors (Lipinski definition) is 3. The van der Waals surface area contributed by atoms with Gasteiger partial charge in [0.1, 0.15) is 5.75 Å². The van der Waals surface area contributed by atoms with Crippen LogP contribution in [0.3, 0.4) is 0 Å². The standard InChI is InChI=1S/C19H16INO3S/c1-24-19-12-11-15(13-17(19)20)25(22,23)21-18-10-6-5-9-16(18)14-7-3-2-4-8-14/h2-13,21H,1H3. The van der Waals surface area contributed by atoms with Crippen molar-refractivity contribution in [3.63, 3.8) is 0 Å². The minimum absolute atomic E-state index is 0.195. The SMILES string of the molecule is COc1ccc(S(=O)(=O)Nc2ccccc2-c2ccccc2)cc1I. The molecule has 6 heteroatoms. The van der Waals surface area contributed by atoms with Crippen molar-refractivity contribution in [1.82, 2.24) is 0 Å². The molecule has 3 rings (SSSR count). The molecule has 0 unspecified atom stereocenters. The van der Waals surface area contributed by atoms with Gasteiger partial charge >= 0.3 is 0 Å². The number of ether oxygens (including phenoxy) is 1. The van der Waals surface area contributed by atoms with Crippen LogP contribution in [0, 0.1) is 3.57 Å². The highest BCUT2D eigenvalue weighted by Crippen LogP contribution is 2.30. The molecule has 0 fully saturated rings. The number of nitrogens with one attached hydrogen (secondary N) is 1. The van der Waals surface area contributed by atoms with Gasteiger partial charge in [0.25, 0.3) is 10.0 Å². The quantitative estimate of drug-likeness (QED) is 0.553. The van der Waals surface area contributed by atoms with Gasteiger partial charge in [0.15, 0.2) is 0 Å². The smallest absolute Gasteiger partial charge is 0.261 e. The molecule has 0 aromatic heterocycles. The van der Waals surface area contributed by atoms with Gasteiger partial charge < -0.3 is 4.74 Å². The van der Waals surface area contributed by atoms with Crippen LogP contribution in [0.25, 0.3) is 11.1 Å². The summed E-state index contributed by atoms with van der Waals surface area (Å²) < 4.78 is 34.2. The van der Waals surface area contributed by atoms with Gasteiger partial charge in [-0.05, 0) is 52.4 Å². The van der Waals surface area contributed by atoms with Crippen LogP contribution in [0.4, 0.5) is 5.69 Å². The zero-order valence-corrected chi connectivity index (χ0v) is 16.4. The molecular formula is C19H16INO3S. The van der Waals surface area contributed by atoms with Gasteiger partial charge in [0.05, 0.1) is 21.3 Å². The first kappa shape index (κ1) is 17.8. The Morgan fingerprint density at radius 1 is 0.920 bits per heavy atom. The van der Waals surface area contributed by atoms with Gasteiger partial charge in [-0.3, -0.25) is 4.72 Å². The Bertz CT molecular complexity index is 989. The topological polar surface area (TPSA) is 55.4 Å². The highest BCUT2D eigenvalue weighted by atomic mass is 127. The van der Waals surface area contributed by atoms with Gasteiger partial charge in [-0.15, -0.1) is 0 Å². The van der Waals surface area contributed by atoms with Gasteiger partial charge in [-0.25, -0.2) is 8.42 Å². The monoisotopic (exact) mass is 465 g/mol. The molecule has 25 heavy (non-hydrogen) atoms. The van der Waals surface area contributed by atoms with Crippen LogP contribution in [-0.2, 0) is 10.0 Å². The summed E-state index contributed by atoms with van der Waals surface area (Å²) in [5, 5.41) is 0. The van der Waals surface area contributed by atoms with Crippen molar-refractivity contribution in [2.75, 3.05) is 11.8 Å². The second kappa shape index (κ2) is 7.45. The van der Waals surface area contributed by atoms with Crippen molar-refractivity contribution < 1.29 is 13.2 Å². The lowest BCUT2D eigenvalue weighted by atomic mass is 10.0. The minimum Gasteiger partial charge on any atom is -0.496 e. The van der Waals surface area contributed by atoms with Crippen molar-refractivity contribution in [1.29, 1.82) is 0 Å². The van der Waals surface area contributed by atoms with E-state index in [2.05, 4.69) is 27.3 Å². The van der Waals surface area contributed by atoms with Crippen molar-refractivity contribution in [3.05, 3.63) is 76.4 Å². The van der Waals surface area contributed by atoms with E-state index in [4.69, 9.17) is 4.74 Å². The predicted molar refractivity (Wildman–Crippen MR) is 108 cm³/mol. The summed E-state index contributed by atoms with van der Waals surface area (Å²) in [5.74, 6) is 0.643. The first-order chi connectivity index (χ1) is 12.0. The Labute approximate surface area is 161 Å². The molecule has 0 atom stereocenters. The number of methoxy groups -OCH3 is 1. The number of sulfonamides is 1. The highest BCUT2D eigenvalue weighted by Gasteiger charge is 2.18. The lowest BCUT2D eigenvalue weighted by molar-refractivity contribution is 0.411. The summed E-state index contributed by atoms with van der Waals surface area (Å²) in [6, 6.07) is 21.8. The van der Waals surface area contributed by atoms with E-state index in [1.807, 2.05) is 48.5 Å². The van der Waals surface area contributed by atoms with Gasteiger partial charge in [0.2, 0.25) is 0 Å². The number of para-hydroxylation sites is 1. The molecule has 0 heterocycles. The molecule has 0 aliphatic heterocycles. The molecular weight excluding hydrogens is 449 g/mol. The fourth-order valence-electron chi connectivity index (χ4n) is 2.46. The maximum absolute atomic E-state index is 12.8. The van der Waals surface area contributed by atoms with Crippen LogP contribution in [0.2, 0.25) is 0 Å². The Morgan fingerprint density at radius 2 is 1.60 bits per heavy atom. The van der Waals surface area contributed by atoms with Crippen molar-refractivity contribution in [2.24, 2.45) is 0 Å². The lowest BCUT2D eigenvalue weighted by Crippen LogP contribution is -2.14. The average Bonchev–Trinajstić information content (AvgIpc) is 2.62. The molecule has 0 saturated heterocycles. The Morgan fingerprint density at radius 3 is 2.28 bits per heavy atom. The Kier molecular flexibility index (Phi) is 5.29. The fraction of sp³-hybridized carbons (Fsp3) is 0.0526. The maximum atomic E-state index is 12.8. The van der Waals surface area contributed by atoms with Crippen molar-refractivity contribution in [3.8, 4) is 16.9 Å². The summed E-state index contributed by atoms with van der Waals surface area (Å²) in [6.45, 7) is 0. The number of rotatable bonds is 5. The number of halogens is 1. The first-order valence-electron chi connectivity index (χ1n) is 7.52. The normalized spacial score (nSPS) is 11.1. The summed E-state index contributed by atoms with van der Waals surface area (Å²) in [7, 11) is -2.15. The van der Waals surface area contributed by atoms with Crippen LogP contribution >= 0.6 is 22.6 Å². The van der Waals surface area contributed by atoms with E-state index in [9.17, 15) is 8.42 Å². The Balaban J connectivity index is 1.98. The predicted octanol–water partition coefficient (Wildman–Crippen LogP) is 4.77. The molecule has 0 amide bonds. The van der Waals surface area contributed by atoms with Crippen LogP contribution < -0.4 is 9.46 Å². The molecule has 1 N–H and O–H groups in total. The summed E-state index contributed by atoms with van der Waals surface area (Å²) in [4.78, 5) is 0.195. The number of benzene rings is 3. The van der Waals surface area contributed by atoms with Crippen molar-refractivity contribution in [2.45, 2.75) is 4.90 Å². The lowest BCUT2D eigenvalue weighted by Gasteiger charge is -2.13. The zero-order chi connectivity index (χ0) is 17.9. The number of hydrogen-bond donors (Lipinski definition) is 1. The molecule has 128 valence electrons. The molecule has 3 aromatic carbocycles. The molecule has 0 aliphatic rings. The highest BCUT2D eigenvalue weighted by molar-refractivity contribution is 14.1. The molecule has 0 spiro atoms. The second-order valence-electron chi connectivity index (χ2n) is 5.31. The van der Waals surface area contributed by atoms with E-state index >= 15 is 0 Å². The summed E-state index contributed by atoms with van der Waals surface area (Å²) >= 11 is 2.06. The largest absolute Gasteiger partial charge is 0.496 e. The molecule has 0 bridgehead atoms. The Hall–Kier alpha value is -2.06. The molecule has 3 aromatic rings. The molecule has 0 saturated carbocycles. The van der Waals surface area contributed by atoms with Crippen LogP contribution in [0.5, 0.6) is 5.75 Å². The van der Waals surface area contributed by atoms with Gasteiger partial charge in [-0.2, -0.15) is 0 Å². The molecule has 0 aliphatic carbocycles. The van der Waals surface area contributed by atoms with Crippen LogP contribution in [0.15, 0.2) is 77.7 Å².